The van der Waals surface area contributed by atoms with Crippen LogP contribution in [0, 0.1) is 5.92 Å². The van der Waals surface area contributed by atoms with Crippen LogP contribution in [0.2, 0.25) is 0 Å². The van der Waals surface area contributed by atoms with E-state index in [1.165, 1.54) is 5.57 Å². The maximum Gasteiger partial charge on any atom is 0.134 e. The monoisotopic (exact) mass is 397 g/mol. The van der Waals surface area contributed by atoms with Gasteiger partial charge in [-0.15, -0.1) is 0 Å². The molecule has 0 spiro atoms. The predicted octanol–water partition coefficient (Wildman–Crippen LogP) is 2.29. The summed E-state index contributed by atoms with van der Waals surface area (Å²) in [6, 6.07) is 0.451. The standard InChI is InChI=1S/C23H35N5O/c1-16(6-7-20(13-24)18(3)29)23-21(22(25-4)8-10-27-23)15-26-14-19-9-11-28(5)17(2)12-19/h8-12,15,17,20,22,25-26H,1,6-7,13-14,24H2,2-5H3/b21-15+. The number of hydrogen-bond donors (Lipinski definition) is 3. The van der Waals surface area contributed by atoms with Gasteiger partial charge < -0.3 is 21.3 Å². The number of nitrogens with one attached hydrogen (secondary N) is 2. The maximum atomic E-state index is 11.7. The van der Waals surface area contributed by atoms with Crippen molar-refractivity contribution in [2.75, 3.05) is 27.2 Å². The van der Waals surface area contributed by atoms with Crippen molar-refractivity contribution >= 4 is 11.5 Å². The maximum absolute atomic E-state index is 11.7. The van der Waals surface area contributed by atoms with Crippen molar-refractivity contribution in [3.63, 3.8) is 0 Å². The van der Waals surface area contributed by atoms with Crippen LogP contribution in [0.15, 0.2) is 65.1 Å². The number of allylic oxidation sites excluding steroid dienone is 1. The Balaban J connectivity index is 2.07. The fourth-order valence-corrected chi connectivity index (χ4v) is 3.42. The van der Waals surface area contributed by atoms with Gasteiger partial charge in [-0.1, -0.05) is 12.7 Å². The van der Waals surface area contributed by atoms with Gasteiger partial charge in [0, 0.05) is 50.1 Å². The molecule has 0 radical (unpaired) electrons. The number of likely N-dealkylation sites (N-methyl/N-ethyl adjacent to an activating group) is 2. The van der Waals surface area contributed by atoms with Crippen LogP contribution < -0.4 is 16.4 Å². The lowest BCUT2D eigenvalue weighted by molar-refractivity contribution is -0.120. The van der Waals surface area contributed by atoms with Crippen LogP contribution in [0.1, 0.15) is 26.7 Å². The minimum Gasteiger partial charge on any atom is -0.386 e. The van der Waals surface area contributed by atoms with E-state index in [0.29, 0.717) is 25.4 Å². The highest BCUT2D eigenvalue weighted by Crippen LogP contribution is 2.21. The summed E-state index contributed by atoms with van der Waals surface area (Å²) in [6.45, 7) is 9.13. The average molecular weight is 398 g/mol. The summed E-state index contributed by atoms with van der Waals surface area (Å²) in [5.74, 6) is 0.00674. The topological polar surface area (TPSA) is 82.8 Å². The Labute approximate surface area is 175 Å². The molecule has 0 aliphatic carbocycles. The molecular formula is C23H35N5O. The summed E-state index contributed by atoms with van der Waals surface area (Å²) >= 11 is 0. The van der Waals surface area contributed by atoms with E-state index < -0.39 is 0 Å². The number of nitrogens with two attached hydrogens (primary N) is 1. The molecule has 0 aromatic heterocycles. The van der Waals surface area contributed by atoms with Gasteiger partial charge in [0.25, 0.3) is 0 Å². The lowest BCUT2D eigenvalue weighted by Gasteiger charge is -2.25. The first kappa shape index (κ1) is 22.8. The number of Topliss-reactive ketones (excluding diaryl/α,β-unsaturated/α-hetero) is 1. The molecule has 0 bridgehead atoms. The summed E-state index contributed by atoms with van der Waals surface area (Å²) in [6.07, 6.45) is 13.7. The average Bonchev–Trinajstić information content (AvgIpc) is 2.70. The minimum absolute atomic E-state index is 0.0609. The van der Waals surface area contributed by atoms with Crippen LogP contribution in [0.5, 0.6) is 0 Å². The molecule has 6 heteroatoms. The molecule has 2 aliphatic rings. The van der Waals surface area contributed by atoms with Gasteiger partial charge in [-0.2, -0.15) is 0 Å². The Bertz CT molecular complexity index is 759. The first-order valence-corrected chi connectivity index (χ1v) is 10.2. The van der Waals surface area contributed by atoms with Crippen LogP contribution in [-0.4, -0.2) is 55.7 Å². The van der Waals surface area contributed by atoms with Gasteiger partial charge in [-0.3, -0.25) is 9.79 Å². The van der Waals surface area contributed by atoms with Gasteiger partial charge >= 0.3 is 0 Å². The van der Waals surface area contributed by atoms with Crippen LogP contribution in [0.3, 0.4) is 0 Å². The van der Waals surface area contributed by atoms with Crippen molar-refractivity contribution in [2.24, 2.45) is 16.6 Å². The second kappa shape index (κ2) is 10.9. The highest BCUT2D eigenvalue weighted by Gasteiger charge is 2.22. The third-order valence-electron chi connectivity index (χ3n) is 5.58. The smallest absolute Gasteiger partial charge is 0.134 e. The number of rotatable bonds is 10. The van der Waals surface area contributed by atoms with E-state index in [2.05, 4.69) is 59.4 Å². The quantitative estimate of drug-likeness (QED) is 0.527. The fourth-order valence-electron chi connectivity index (χ4n) is 3.42. The Hall–Kier alpha value is -2.44. The lowest BCUT2D eigenvalue weighted by atomic mass is 9.90. The van der Waals surface area contributed by atoms with Crippen molar-refractivity contribution in [1.29, 1.82) is 0 Å². The molecule has 2 aliphatic heterocycles. The number of aliphatic imine (C=N–C) groups is 1. The zero-order valence-corrected chi connectivity index (χ0v) is 18.1. The highest BCUT2D eigenvalue weighted by molar-refractivity contribution is 6.13. The van der Waals surface area contributed by atoms with E-state index in [-0.39, 0.29) is 17.7 Å². The van der Waals surface area contributed by atoms with E-state index in [9.17, 15) is 4.79 Å². The molecule has 6 nitrogen and oxygen atoms in total. The third kappa shape index (κ3) is 6.27. The molecule has 0 saturated carbocycles. The molecule has 0 aromatic carbocycles. The molecule has 0 aromatic rings. The molecule has 2 heterocycles. The molecule has 3 unspecified atom stereocenters. The lowest BCUT2D eigenvalue weighted by Crippen LogP contribution is -2.33. The van der Waals surface area contributed by atoms with Crippen molar-refractivity contribution in [3.05, 3.63) is 60.1 Å². The molecule has 3 atom stereocenters. The van der Waals surface area contributed by atoms with Crippen molar-refractivity contribution in [3.8, 4) is 0 Å². The molecule has 4 N–H and O–H groups in total. The first-order valence-electron chi connectivity index (χ1n) is 10.2. The number of ketones is 1. The Morgan fingerprint density at radius 1 is 1.48 bits per heavy atom. The van der Waals surface area contributed by atoms with E-state index in [4.69, 9.17) is 5.73 Å². The van der Waals surface area contributed by atoms with E-state index in [1.807, 2.05) is 25.5 Å². The second-order valence-corrected chi connectivity index (χ2v) is 7.72. The second-order valence-electron chi connectivity index (χ2n) is 7.72. The molecule has 2 rings (SSSR count). The molecule has 158 valence electrons. The SMILES string of the molecule is C=C(CCC(CN)C(C)=O)C1=NC=CC(NC)/C1=C\NCC1=CC(C)N(C)C=C1. The van der Waals surface area contributed by atoms with Crippen LogP contribution >= 0.6 is 0 Å². The predicted molar refractivity (Wildman–Crippen MR) is 122 cm³/mol. The summed E-state index contributed by atoms with van der Waals surface area (Å²) in [7, 11) is 4.00. The highest BCUT2D eigenvalue weighted by atomic mass is 16.1. The molecule has 0 amide bonds. The largest absolute Gasteiger partial charge is 0.386 e. The number of carbonyl (C=O) groups is 1. The molecular weight excluding hydrogens is 362 g/mol. The Kier molecular flexibility index (Phi) is 8.61. The van der Waals surface area contributed by atoms with Crippen LogP contribution in [0.4, 0.5) is 0 Å². The van der Waals surface area contributed by atoms with E-state index in [0.717, 1.165) is 23.4 Å². The van der Waals surface area contributed by atoms with E-state index in [1.54, 1.807) is 6.92 Å². The summed E-state index contributed by atoms with van der Waals surface area (Å²) in [5.41, 5.74) is 9.83. The van der Waals surface area contributed by atoms with Gasteiger partial charge in [0.1, 0.15) is 5.78 Å². The van der Waals surface area contributed by atoms with Gasteiger partial charge in [-0.05, 0) is 63.2 Å². The van der Waals surface area contributed by atoms with Gasteiger partial charge in [0.2, 0.25) is 0 Å². The summed E-state index contributed by atoms with van der Waals surface area (Å²) < 4.78 is 0. The molecule has 0 fully saturated rings. The van der Waals surface area contributed by atoms with Crippen molar-refractivity contribution in [2.45, 2.75) is 38.8 Å². The third-order valence-corrected chi connectivity index (χ3v) is 5.58. The number of nitrogens with zero attached hydrogens (tertiary/aromatic N) is 2. The normalized spacial score (nSPS) is 23.6. The fraction of sp³-hybridized carbons (Fsp3) is 0.478. The zero-order valence-electron chi connectivity index (χ0n) is 18.1. The zero-order chi connectivity index (χ0) is 21.4. The van der Waals surface area contributed by atoms with E-state index >= 15 is 0 Å². The van der Waals surface area contributed by atoms with Crippen LogP contribution in [0.25, 0.3) is 0 Å². The van der Waals surface area contributed by atoms with Gasteiger partial charge in [-0.25, -0.2) is 0 Å². The van der Waals surface area contributed by atoms with Crippen molar-refractivity contribution < 1.29 is 4.79 Å². The van der Waals surface area contributed by atoms with Gasteiger partial charge in [0.15, 0.2) is 0 Å². The van der Waals surface area contributed by atoms with Crippen molar-refractivity contribution in [1.82, 2.24) is 15.5 Å². The first-order chi connectivity index (χ1) is 13.9. The number of hydrogen-bond acceptors (Lipinski definition) is 6. The molecule has 0 saturated heterocycles. The summed E-state index contributed by atoms with van der Waals surface area (Å²) in [4.78, 5) is 18.4. The Morgan fingerprint density at radius 2 is 2.24 bits per heavy atom. The summed E-state index contributed by atoms with van der Waals surface area (Å²) in [5, 5.41) is 6.74. The van der Waals surface area contributed by atoms with Crippen LogP contribution in [-0.2, 0) is 4.79 Å². The Morgan fingerprint density at radius 3 is 2.86 bits per heavy atom. The van der Waals surface area contributed by atoms with Gasteiger partial charge in [0.05, 0.1) is 11.8 Å². The number of carbonyl (C=O) groups excluding carboxylic acids is 1. The minimum atomic E-state index is -0.123. The molecule has 29 heavy (non-hydrogen) atoms.